The molecule has 1 saturated carbocycles. The largest absolute Gasteiger partial charge is 0.453 e. The third-order valence-corrected chi connectivity index (χ3v) is 15.6. The molecular weight excluding hydrogens is 682 g/mol. The van der Waals surface area contributed by atoms with Crippen LogP contribution in [0.3, 0.4) is 0 Å². The van der Waals surface area contributed by atoms with Crippen molar-refractivity contribution in [2.24, 2.45) is 11.8 Å². The van der Waals surface area contributed by atoms with Crippen LogP contribution in [0.25, 0.3) is 0 Å². The Bertz CT molecular complexity index is 1640. The minimum absolute atomic E-state index is 0.0174. The third-order valence-electron chi connectivity index (χ3n) is 13.3. The van der Waals surface area contributed by atoms with E-state index in [0.717, 1.165) is 109 Å². The van der Waals surface area contributed by atoms with Crippen molar-refractivity contribution in [1.82, 2.24) is 20.0 Å². The molecule has 0 aromatic heterocycles. The number of benzene rings is 2. The van der Waals surface area contributed by atoms with E-state index in [1.807, 2.05) is 25.2 Å². The van der Waals surface area contributed by atoms with Gasteiger partial charge in [0.15, 0.2) is 9.84 Å². The van der Waals surface area contributed by atoms with Crippen LogP contribution in [0.4, 0.5) is 14.9 Å². The van der Waals surface area contributed by atoms with Gasteiger partial charge in [-0.05, 0) is 145 Å². The number of carbonyl (C=O) groups is 1. The van der Waals surface area contributed by atoms with Crippen molar-refractivity contribution in [3.05, 3.63) is 59.9 Å². The summed E-state index contributed by atoms with van der Waals surface area (Å²) in [4.78, 5) is 22.5. The van der Waals surface area contributed by atoms with Crippen LogP contribution >= 0.6 is 0 Å². The van der Waals surface area contributed by atoms with E-state index in [0.29, 0.717) is 23.7 Å². The molecule has 12 heteroatoms. The van der Waals surface area contributed by atoms with Gasteiger partial charge < -0.3 is 34.4 Å². The molecule has 0 bridgehead atoms. The minimum atomic E-state index is -3.34. The number of anilines is 1. The van der Waals surface area contributed by atoms with E-state index in [9.17, 15) is 13.2 Å². The van der Waals surface area contributed by atoms with Gasteiger partial charge in [0.1, 0.15) is 11.4 Å². The highest BCUT2D eigenvalue weighted by molar-refractivity contribution is 7.92. The van der Waals surface area contributed by atoms with Crippen molar-refractivity contribution in [2.45, 2.75) is 78.6 Å². The first-order valence-corrected chi connectivity index (χ1v) is 21.0. The monoisotopic (exact) mass is 739 g/mol. The molecule has 0 radical (unpaired) electrons. The molecule has 1 amide bonds. The number of nitrogens with one attached hydrogen (secondary N) is 1. The van der Waals surface area contributed by atoms with Gasteiger partial charge in [-0.15, -0.1) is 0 Å². The highest BCUT2D eigenvalue weighted by Crippen LogP contribution is 2.51. The van der Waals surface area contributed by atoms with Crippen molar-refractivity contribution in [3.8, 4) is 0 Å². The van der Waals surface area contributed by atoms with Crippen LogP contribution in [0.1, 0.15) is 56.9 Å². The average Bonchev–Trinajstić information content (AvgIpc) is 3.58. The van der Waals surface area contributed by atoms with Crippen LogP contribution in [0.5, 0.6) is 0 Å². The van der Waals surface area contributed by atoms with E-state index in [1.54, 1.807) is 25.3 Å². The number of sulfone groups is 1. The maximum absolute atomic E-state index is 15.0. The molecule has 7 rings (SSSR count). The summed E-state index contributed by atoms with van der Waals surface area (Å²) >= 11 is 0. The average molecular weight is 740 g/mol. The number of carbonyl (C=O) groups excluding carboxylic acids is 1. The quantitative estimate of drug-likeness (QED) is 0.330. The standard InChI is InChI=1S/C40H58FN5O5S/c1-43-21-17-35(18-22-43)52(48,49)34-13-11-33(12-14-34)46-27-39(28-46,51-3)26-45-23-15-30(16-24-45)40(29-44-19-6-20-44,31-7-4-8-32(41)25-31)36-9-5-10-37(36)42-38(47)50-2/h4,7-8,11-14,25,30,35-37H,5-6,9-10,15-24,26-29H2,1-3H3,(H,42,47)/t36-,37-,40-/m0/s1. The second-order valence-corrected chi connectivity index (χ2v) is 18.5. The fourth-order valence-electron chi connectivity index (χ4n) is 10.2. The second kappa shape index (κ2) is 15.5. The lowest BCUT2D eigenvalue weighted by molar-refractivity contribution is -0.0657. The van der Waals surface area contributed by atoms with Crippen molar-refractivity contribution in [1.29, 1.82) is 0 Å². The summed E-state index contributed by atoms with van der Waals surface area (Å²) in [6.07, 6.45) is 7.05. The summed E-state index contributed by atoms with van der Waals surface area (Å²) in [6, 6.07) is 14.7. The fourth-order valence-corrected chi connectivity index (χ4v) is 11.9. The van der Waals surface area contributed by atoms with Crippen LogP contribution in [0.15, 0.2) is 53.4 Å². The zero-order valence-corrected chi connectivity index (χ0v) is 32.1. The highest BCUT2D eigenvalue weighted by Gasteiger charge is 2.54. The number of alkyl carbamates (subject to hydrolysis) is 1. The number of rotatable bonds is 12. The molecule has 2 aromatic rings. The van der Waals surface area contributed by atoms with Gasteiger partial charge >= 0.3 is 6.09 Å². The Kier molecular flexibility index (Phi) is 11.2. The SMILES string of the molecule is COC(=O)N[C@H]1CCC[C@@H]1[C@](CN1CCC1)(c1cccc(F)c1)C1CCN(CC2(OC)CN(c3ccc(S(=O)(=O)C4CCN(C)CC4)cc3)C2)CC1. The Morgan fingerprint density at radius 1 is 0.904 bits per heavy atom. The molecule has 4 aliphatic heterocycles. The molecule has 1 aliphatic carbocycles. The molecule has 5 fully saturated rings. The maximum atomic E-state index is 15.0. The van der Waals surface area contributed by atoms with E-state index in [4.69, 9.17) is 9.47 Å². The van der Waals surface area contributed by atoms with Gasteiger partial charge in [0, 0.05) is 37.3 Å². The molecule has 1 N–H and O–H groups in total. The number of hydrogen-bond acceptors (Lipinski definition) is 9. The molecule has 0 unspecified atom stereocenters. The summed E-state index contributed by atoms with van der Waals surface area (Å²) in [6.45, 7) is 8.79. The fraction of sp³-hybridized carbons (Fsp3) is 0.675. The highest BCUT2D eigenvalue weighted by atomic mass is 32.2. The van der Waals surface area contributed by atoms with Crippen LogP contribution in [-0.4, -0.2) is 133 Å². The van der Waals surface area contributed by atoms with Crippen LogP contribution in [0.2, 0.25) is 0 Å². The third kappa shape index (κ3) is 7.47. The second-order valence-electron chi connectivity index (χ2n) is 16.3. The molecule has 52 heavy (non-hydrogen) atoms. The van der Waals surface area contributed by atoms with Gasteiger partial charge in [-0.1, -0.05) is 18.6 Å². The van der Waals surface area contributed by atoms with Gasteiger partial charge in [0.2, 0.25) is 0 Å². The zero-order chi connectivity index (χ0) is 36.5. The Balaban J connectivity index is 1.03. The number of hydrogen-bond donors (Lipinski definition) is 1. The van der Waals surface area contributed by atoms with Gasteiger partial charge in [-0.3, -0.25) is 0 Å². The van der Waals surface area contributed by atoms with Crippen molar-refractivity contribution >= 4 is 21.6 Å². The lowest BCUT2D eigenvalue weighted by Crippen LogP contribution is -2.68. The van der Waals surface area contributed by atoms with Gasteiger partial charge in [0.25, 0.3) is 0 Å². The summed E-state index contributed by atoms with van der Waals surface area (Å²) in [5.41, 5.74) is 1.49. The first kappa shape index (κ1) is 37.5. The van der Waals surface area contributed by atoms with E-state index in [1.165, 1.54) is 19.6 Å². The molecule has 4 saturated heterocycles. The molecule has 3 atom stereocenters. The summed E-state index contributed by atoms with van der Waals surface area (Å²) in [7, 11) is 1.93. The molecular formula is C40H58FN5O5S. The van der Waals surface area contributed by atoms with Crippen molar-refractivity contribution in [3.63, 3.8) is 0 Å². The Morgan fingerprint density at radius 3 is 2.23 bits per heavy atom. The van der Waals surface area contributed by atoms with Crippen molar-refractivity contribution in [2.75, 3.05) is 91.6 Å². The number of methoxy groups -OCH3 is 2. The number of nitrogens with zero attached hydrogens (tertiary/aromatic N) is 4. The zero-order valence-electron chi connectivity index (χ0n) is 31.3. The molecule has 10 nitrogen and oxygen atoms in total. The Labute approximate surface area is 309 Å². The molecule has 4 heterocycles. The first-order chi connectivity index (χ1) is 25.0. The topological polar surface area (TPSA) is 94.7 Å². The smallest absolute Gasteiger partial charge is 0.407 e. The summed E-state index contributed by atoms with van der Waals surface area (Å²) in [5, 5.41) is 2.88. The minimum Gasteiger partial charge on any atom is -0.453 e. The number of piperidine rings is 2. The van der Waals surface area contributed by atoms with E-state index in [2.05, 4.69) is 31.0 Å². The maximum Gasteiger partial charge on any atom is 0.407 e. The lowest BCUT2D eigenvalue weighted by atomic mass is 9.57. The number of amides is 1. The number of ether oxygens (including phenoxy) is 2. The summed E-state index contributed by atoms with van der Waals surface area (Å²) in [5.74, 6) is 0.308. The van der Waals surface area contributed by atoms with E-state index in [-0.39, 0.29) is 34.0 Å². The molecule has 5 aliphatic rings. The molecule has 2 aromatic carbocycles. The summed E-state index contributed by atoms with van der Waals surface area (Å²) < 4.78 is 53.0. The van der Waals surface area contributed by atoms with Crippen LogP contribution in [-0.2, 0) is 24.7 Å². The van der Waals surface area contributed by atoms with E-state index < -0.39 is 15.9 Å². The van der Waals surface area contributed by atoms with E-state index >= 15 is 4.39 Å². The Hall–Kier alpha value is -2.77. The Morgan fingerprint density at radius 2 is 1.62 bits per heavy atom. The van der Waals surface area contributed by atoms with Gasteiger partial charge in [0.05, 0.1) is 30.3 Å². The lowest BCUT2D eigenvalue weighted by Gasteiger charge is -2.55. The number of likely N-dealkylation sites (tertiary alicyclic amines) is 3. The molecule has 286 valence electrons. The van der Waals surface area contributed by atoms with Crippen LogP contribution < -0.4 is 10.2 Å². The van der Waals surface area contributed by atoms with Gasteiger partial charge in [-0.25, -0.2) is 17.6 Å². The van der Waals surface area contributed by atoms with Gasteiger partial charge in [-0.2, -0.15) is 0 Å². The normalized spacial score (nSPS) is 26.3. The van der Waals surface area contributed by atoms with Crippen molar-refractivity contribution < 1.29 is 27.1 Å². The molecule has 0 spiro atoms. The number of halogens is 1. The predicted octanol–water partition coefficient (Wildman–Crippen LogP) is 4.78. The first-order valence-electron chi connectivity index (χ1n) is 19.4. The predicted molar refractivity (Wildman–Crippen MR) is 201 cm³/mol. The van der Waals surface area contributed by atoms with Crippen LogP contribution in [0, 0.1) is 17.7 Å².